The normalized spacial score (nSPS) is 18.8. The Morgan fingerprint density at radius 1 is 0.595 bits per heavy atom. The van der Waals surface area contributed by atoms with Crippen LogP contribution in [0.2, 0.25) is 0 Å². The van der Waals surface area contributed by atoms with Crippen LogP contribution in [0.4, 0.5) is 0 Å². The average Bonchev–Trinajstić information content (AvgIpc) is 2.95. The molecule has 0 saturated heterocycles. The summed E-state index contributed by atoms with van der Waals surface area (Å²) in [7, 11) is 4.37. The number of ether oxygens (including phenoxy) is 3. The van der Waals surface area contributed by atoms with Gasteiger partial charge in [0, 0.05) is 25.9 Å². The minimum Gasteiger partial charge on any atom is -0.471 e. The van der Waals surface area contributed by atoms with Crippen molar-refractivity contribution < 1.29 is 14.2 Å². The number of benzene rings is 1. The fourth-order valence-electron chi connectivity index (χ4n) is 5.07. The van der Waals surface area contributed by atoms with Gasteiger partial charge in [-0.15, -0.1) is 0 Å². The van der Waals surface area contributed by atoms with E-state index >= 15 is 0 Å². The van der Waals surface area contributed by atoms with Crippen LogP contribution in [0.25, 0.3) is 0 Å². The van der Waals surface area contributed by atoms with E-state index in [4.69, 9.17) is 14.2 Å². The lowest BCUT2D eigenvalue weighted by Crippen LogP contribution is -2.38. The van der Waals surface area contributed by atoms with E-state index in [2.05, 4.69) is 49.9 Å². The molecular weight excluding hydrogens is 460 g/mol. The highest BCUT2D eigenvalue weighted by molar-refractivity contribution is 5.39. The topological polar surface area (TPSA) is 34.2 Å². The van der Waals surface area contributed by atoms with Crippen molar-refractivity contribution in [2.24, 2.45) is 0 Å². The molecule has 0 spiro atoms. The van der Waals surface area contributed by atoms with E-state index in [-0.39, 0.29) is 12.5 Å². The van der Waals surface area contributed by atoms with Crippen LogP contribution >= 0.6 is 0 Å². The molecule has 1 aromatic rings. The number of unbranched alkanes of at least 4 members (excludes halogenated alkanes) is 12. The summed E-state index contributed by atoms with van der Waals surface area (Å²) in [5.74, 6) is 1.69. The van der Waals surface area contributed by atoms with E-state index in [9.17, 15) is 0 Å². The second kappa shape index (κ2) is 20.6. The Morgan fingerprint density at radius 2 is 0.973 bits per heavy atom. The van der Waals surface area contributed by atoms with Gasteiger partial charge in [-0.3, -0.25) is 9.80 Å². The van der Waals surface area contributed by atoms with Crippen molar-refractivity contribution in [3.8, 4) is 11.5 Å². The quantitative estimate of drug-likeness (QED) is 0.183. The van der Waals surface area contributed by atoms with Crippen LogP contribution in [0.1, 0.15) is 117 Å². The van der Waals surface area contributed by atoms with Crippen LogP contribution in [0.3, 0.4) is 0 Å². The Kier molecular flexibility index (Phi) is 17.8. The third kappa shape index (κ3) is 13.9. The Labute approximate surface area is 229 Å². The molecule has 0 aromatic heterocycles. The maximum absolute atomic E-state index is 6.58. The third-order valence-electron chi connectivity index (χ3n) is 7.61. The largest absolute Gasteiger partial charge is 0.471 e. The van der Waals surface area contributed by atoms with Crippen LogP contribution in [-0.4, -0.2) is 62.7 Å². The van der Waals surface area contributed by atoms with E-state index in [0.717, 1.165) is 37.4 Å². The Balaban J connectivity index is 1.88. The maximum atomic E-state index is 6.58. The summed E-state index contributed by atoms with van der Waals surface area (Å²) >= 11 is 0. The molecule has 1 heterocycles. The molecule has 0 saturated carbocycles. The second-order valence-corrected chi connectivity index (χ2v) is 11.0. The van der Waals surface area contributed by atoms with Gasteiger partial charge in [-0.1, -0.05) is 103 Å². The zero-order valence-electron chi connectivity index (χ0n) is 24.7. The summed E-state index contributed by atoms with van der Waals surface area (Å²) < 4.78 is 19.2. The summed E-state index contributed by atoms with van der Waals surface area (Å²) in [4.78, 5) is 4.71. The van der Waals surface area contributed by atoms with Gasteiger partial charge in [0.1, 0.15) is 0 Å². The summed E-state index contributed by atoms with van der Waals surface area (Å²) in [5.41, 5.74) is 0. The van der Waals surface area contributed by atoms with Crippen molar-refractivity contribution in [3.05, 3.63) is 24.3 Å². The van der Waals surface area contributed by atoms with E-state index in [1.54, 1.807) is 0 Å². The van der Waals surface area contributed by atoms with Crippen LogP contribution in [0.5, 0.6) is 11.5 Å². The molecule has 2 rings (SSSR count). The van der Waals surface area contributed by atoms with Crippen molar-refractivity contribution >= 4 is 0 Å². The van der Waals surface area contributed by atoms with Gasteiger partial charge < -0.3 is 14.2 Å². The van der Waals surface area contributed by atoms with Crippen LogP contribution in [-0.2, 0) is 4.74 Å². The first-order valence-electron chi connectivity index (χ1n) is 15.6. The zero-order valence-corrected chi connectivity index (χ0v) is 24.7. The standard InChI is InChI=1S/C32H58N2O3/c1-5-7-9-11-13-15-19-25-33(3)31-23-27-35-28-24-32(37-30-22-18-17-21-29(30)36-31)34(4)26-20-16-14-12-10-8-6-2/h17-18,21-22,31-32H,5-16,19-20,23-28H2,1-4H3. The van der Waals surface area contributed by atoms with Gasteiger partial charge in [-0.2, -0.15) is 0 Å². The first kappa shape index (κ1) is 31.9. The smallest absolute Gasteiger partial charge is 0.163 e. The monoisotopic (exact) mass is 518 g/mol. The highest BCUT2D eigenvalue weighted by Crippen LogP contribution is 2.31. The molecule has 0 amide bonds. The van der Waals surface area contributed by atoms with Gasteiger partial charge in [-0.25, -0.2) is 0 Å². The van der Waals surface area contributed by atoms with Gasteiger partial charge in [0.2, 0.25) is 0 Å². The van der Waals surface area contributed by atoms with E-state index in [1.165, 1.54) is 89.9 Å². The molecule has 2 atom stereocenters. The minimum absolute atomic E-state index is 0.00757. The summed E-state index contributed by atoms with van der Waals surface area (Å²) in [6.45, 7) is 8.07. The van der Waals surface area contributed by atoms with Gasteiger partial charge in [0.15, 0.2) is 24.0 Å². The molecule has 2 unspecified atom stereocenters. The van der Waals surface area contributed by atoms with E-state index in [1.807, 2.05) is 12.1 Å². The Hall–Kier alpha value is -1.30. The number of rotatable bonds is 18. The molecule has 0 aliphatic carbocycles. The molecule has 5 nitrogen and oxygen atoms in total. The number of nitrogens with zero attached hydrogens (tertiary/aromatic N) is 2. The molecule has 0 N–H and O–H groups in total. The van der Waals surface area contributed by atoms with Crippen LogP contribution in [0, 0.1) is 0 Å². The highest BCUT2D eigenvalue weighted by Gasteiger charge is 2.23. The molecule has 5 heteroatoms. The van der Waals surface area contributed by atoms with Crippen LogP contribution < -0.4 is 9.47 Å². The molecule has 0 radical (unpaired) electrons. The van der Waals surface area contributed by atoms with Gasteiger partial charge in [-0.05, 0) is 39.1 Å². The third-order valence-corrected chi connectivity index (χ3v) is 7.61. The fourth-order valence-corrected chi connectivity index (χ4v) is 5.07. The molecule has 1 aliphatic rings. The number of para-hydroxylation sites is 2. The maximum Gasteiger partial charge on any atom is 0.163 e. The first-order chi connectivity index (χ1) is 18.2. The van der Waals surface area contributed by atoms with Crippen LogP contribution in [0.15, 0.2) is 24.3 Å². The molecule has 1 aliphatic heterocycles. The SMILES string of the molecule is CCCCCCCCCN(C)C1CCOCCC(N(C)CCCCCCCCC)Oc2ccccc2O1. The lowest BCUT2D eigenvalue weighted by Gasteiger charge is -2.30. The fraction of sp³-hybridized carbons (Fsp3) is 0.812. The second-order valence-electron chi connectivity index (χ2n) is 11.0. The Bertz CT molecular complexity index is 616. The lowest BCUT2D eigenvalue weighted by molar-refractivity contribution is 0.00222. The van der Waals surface area contributed by atoms with E-state index < -0.39 is 0 Å². The predicted molar refractivity (Wildman–Crippen MR) is 157 cm³/mol. The minimum atomic E-state index is -0.00757. The summed E-state index contributed by atoms with van der Waals surface area (Å²) in [5, 5.41) is 0. The van der Waals surface area contributed by atoms with Gasteiger partial charge in [0.05, 0.1) is 13.2 Å². The van der Waals surface area contributed by atoms with Crippen molar-refractivity contribution in [1.82, 2.24) is 9.80 Å². The molecule has 37 heavy (non-hydrogen) atoms. The van der Waals surface area contributed by atoms with Crippen molar-refractivity contribution in [2.75, 3.05) is 40.4 Å². The molecule has 1 aromatic carbocycles. The number of fused-ring (bicyclic) bond motifs is 1. The molecule has 0 fully saturated rings. The van der Waals surface area contributed by atoms with Gasteiger partial charge in [0.25, 0.3) is 0 Å². The van der Waals surface area contributed by atoms with E-state index in [0.29, 0.717) is 13.2 Å². The predicted octanol–water partition coefficient (Wildman–Crippen LogP) is 8.27. The Morgan fingerprint density at radius 3 is 1.38 bits per heavy atom. The molecule has 0 bridgehead atoms. The first-order valence-corrected chi connectivity index (χ1v) is 15.6. The number of hydrogen-bond donors (Lipinski definition) is 0. The summed E-state index contributed by atoms with van der Waals surface area (Å²) in [6.07, 6.45) is 20.3. The molecule has 214 valence electrons. The summed E-state index contributed by atoms with van der Waals surface area (Å²) in [6, 6.07) is 8.19. The van der Waals surface area contributed by atoms with Gasteiger partial charge >= 0.3 is 0 Å². The van der Waals surface area contributed by atoms with Crippen molar-refractivity contribution in [2.45, 2.75) is 129 Å². The van der Waals surface area contributed by atoms with Crippen molar-refractivity contribution in [3.63, 3.8) is 0 Å². The molecular formula is C32H58N2O3. The average molecular weight is 519 g/mol. The zero-order chi connectivity index (χ0) is 26.6. The highest BCUT2D eigenvalue weighted by atomic mass is 16.6. The number of hydrogen-bond acceptors (Lipinski definition) is 5. The lowest BCUT2D eigenvalue weighted by atomic mass is 10.1. The van der Waals surface area contributed by atoms with Crippen molar-refractivity contribution in [1.29, 1.82) is 0 Å².